The highest BCUT2D eigenvalue weighted by Gasteiger charge is 2.17. The van der Waals surface area contributed by atoms with Gasteiger partial charge in [-0.15, -0.1) is 12.4 Å². The van der Waals surface area contributed by atoms with E-state index in [2.05, 4.69) is 26.0 Å². The number of piperazine rings is 1. The SMILES string of the molecule is COc1cncc(-n2ncc(/C=C/CN3CCN(c4cc(F)cc(F)c4)CC3)c2C)n1.Cl. The van der Waals surface area contributed by atoms with E-state index in [9.17, 15) is 8.78 Å². The summed E-state index contributed by atoms with van der Waals surface area (Å²) in [4.78, 5) is 12.8. The van der Waals surface area contributed by atoms with Crippen molar-refractivity contribution < 1.29 is 13.5 Å². The first-order valence-corrected chi connectivity index (χ1v) is 10.0. The molecule has 0 spiro atoms. The maximum atomic E-state index is 13.5. The maximum absolute atomic E-state index is 13.5. The molecule has 32 heavy (non-hydrogen) atoms. The van der Waals surface area contributed by atoms with E-state index in [4.69, 9.17) is 4.74 Å². The van der Waals surface area contributed by atoms with Crippen molar-refractivity contribution >= 4 is 24.2 Å². The normalized spacial score (nSPS) is 14.6. The third-order valence-electron chi connectivity index (χ3n) is 5.32. The van der Waals surface area contributed by atoms with Crippen molar-refractivity contribution in [3.63, 3.8) is 0 Å². The van der Waals surface area contributed by atoms with Crippen LogP contribution in [0.4, 0.5) is 14.5 Å². The third-order valence-corrected chi connectivity index (χ3v) is 5.32. The number of benzene rings is 1. The Morgan fingerprint density at radius 1 is 1.03 bits per heavy atom. The van der Waals surface area contributed by atoms with Gasteiger partial charge in [-0.1, -0.05) is 12.2 Å². The molecule has 1 fully saturated rings. The van der Waals surface area contributed by atoms with E-state index in [0.29, 0.717) is 17.4 Å². The average molecular weight is 463 g/mol. The summed E-state index contributed by atoms with van der Waals surface area (Å²) in [5.41, 5.74) is 2.55. The molecule has 4 rings (SSSR count). The second kappa shape index (κ2) is 10.5. The molecule has 0 unspecified atom stereocenters. The molecule has 0 bridgehead atoms. The highest BCUT2D eigenvalue weighted by Crippen LogP contribution is 2.20. The molecule has 10 heteroatoms. The summed E-state index contributed by atoms with van der Waals surface area (Å²) in [6.07, 6.45) is 9.13. The number of ether oxygens (including phenoxy) is 1. The Balaban J connectivity index is 0.00000289. The van der Waals surface area contributed by atoms with Crippen molar-refractivity contribution in [1.29, 1.82) is 0 Å². The van der Waals surface area contributed by atoms with Crippen LogP contribution in [0.15, 0.2) is 42.9 Å². The fourth-order valence-electron chi connectivity index (χ4n) is 3.59. The van der Waals surface area contributed by atoms with Gasteiger partial charge in [-0.3, -0.25) is 9.88 Å². The largest absolute Gasteiger partial charge is 0.480 e. The van der Waals surface area contributed by atoms with Gasteiger partial charge < -0.3 is 9.64 Å². The zero-order valence-electron chi connectivity index (χ0n) is 17.9. The van der Waals surface area contributed by atoms with Gasteiger partial charge in [-0.25, -0.2) is 13.5 Å². The highest BCUT2D eigenvalue weighted by atomic mass is 35.5. The molecule has 3 aromatic rings. The summed E-state index contributed by atoms with van der Waals surface area (Å²) in [5.74, 6) is -0.0570. The Bertz CT molecular complexity index is 1060. The van der Waals surface area contributed by atoms with Crippen LogP contribution in [0.3, 0.4) is 0 Å². The van der Waals surface area contributed by atoms with Gasteiger partial charge in [0.1, 0.15) is 11.6 Å². The molecule has 0 amide bonds. The number of halogens is 3. The molecule has 2 aromatic heterocycles. The number of anilines is 1. The van der Waals surface area contributed by atoms with Crippen molar-refractivity contribution in [1.82, 2.24) is 24.6 Å². The first-order chi connectivity index (χ1) is 15.0. The summed E-state index contributed by atoms with van der Waals surface area (Å²) in [6, 6.07) is 3.66. The van der Waals surface area contributed by atoms with Gasteiger partial charge in [-0.05, 0) is 19.1 Å². The number of rotatable bonds is 6. The number of aromatic nitrogens is 4. The minimum absolute atomic E-state index is 0. The number of hydrogen-bond acceptors (Lipinski definition) is 6. The van der Waals surface area contributed by atoms with E-state index in [1.807, 2.05) is 17.9 Å². The Kier molecular flexibility index (Phi) is 7.76. The standard InChI is InChI=1S/C22H24F2N6O.ClH/c1-16-17(13-26-30(16)21-14-25-15-22(27-21)31-2)4-3-5-28-6-8-29(9-7-28)20-11-18(23)10-19(24)12-20;/h3-4,10-15H,5-9H2,1-2H3;1H/b4-3+;. The molecule has 1 saturated heterocycles. The van der Waals surface area contributed by atoms with Gasteiger partial charge in [0.2, 0.25) is 5.88 Å². The van der Waals surface area contributed by atoms with E-state index in [0.717, 1.165) is 50.0 Å². The molecule has 1 aliphatic rings. The number of methoxy groups -OCH3 is 1. The molecule has 1 aliphatic heterocycles. The van der Waals surface area contributed by atoms with Gasteiger partial charge in [0, 0.05) is 50.0 Å². The van der Waals surface area contributed by atoms with Crippen LogP contribution in [-0.2, 0) is 0 Å². The quantitative estimate of drug-likeness (QED) is 0.558. The van der Waals surface area contributed by atoms with Crippen LogP contribution in [-0.4, -0.2) is 64.5 Å². The molecule has 0 saturated carbocycles. The third kappa shape index (κ3) is 5.41. The number of hydrogen-bond donors (Lipinski definition) is 0. The van der Waals surface area contributed by atoms with Crippen LogP contribution < -0.4 is 9.64 Å². The Morgan fingerprint density at radius 2 is 1.75 bits per heavy atom. The topological polar surface area (TPSA) is 59.3 Å². The second-order valence-electron chi connectivity index (χ2n) is 7.33. The van der Waals surface area contributed by atoms with Crippen LogP contribution in [0.2, 0.25) is 0 Å². The van der Waals surface area contributed by atoms with Crippen LogP contribution in [0.5, 0.6) is 5.88 Å². The lowest BCUT2D eigenvalue weighted by atomic mass is 10.2. The first-order valence-electron chi connectivity index (χ1n) is 10.0. The monoisotopic (exact) mass is 462 g/mol. The lowest BCUT2D eigenvalue weighted by Gasteiger charge is -2.35. The zero-order valence-corrected chi connectivity index (χ0v) is 18.7. The molecule has 0 radical (unpaired) electrons. The Hall–Kier alpha value is -3.04. The molecule has 3 heterocycles. The van der Waals surface area contributed by atoms with Crippen molar-refractivity contribution in [3.8, 4) is 11.7 Å². The van der Waals surface area contributed by atoms with Gasteiger partial charge in [0.15, 0.2) is 5.82 Å². The number of nitrogens with zero attached hydrogens (tertiary/aromatic N) is 6. The molecule has 0 aliphatic carbocycles. The van der Waals surface area contributed by atoms with Crippen molar-refractivity contribution in [3.05, 3.63) is 65.8 Å². The molecule has 0 atom stereocenters. The Morgan fingerprint density at radius 3 is 2.44 bits per heavy atom. The molecule has 170 valence electrons. The fourth-order valence-corrected chi connectivity index (χ4v) is 3.59. The van der Waals surface area contributed by atoms with Crippen LogP contribution in [0.1, 0.15) is 11.3 Å². The van der Waals surface area contributed by atoms with Crippen LogP contribution in [0.25, 0.3) is 11.9 Å². The van der Waals surface area contributed by atoms with Gasteiger partial charge in [0.25, 0.3) is 0 Å². The highest BCUT2D eigenvalue weighted by molar-refractivity contribution is 5.85. The molecule has 7 nitrogen and oxygen atoms in total. The van der Waals surface area contributed by atoms with Crippen molar-refractivity contribution in [2.75, 3.05) is 44.7 Å². The van der Waals surface area contributed by atoms with Gasteiger partial charge in [0.05, 0.1) is 31.4 Å². The van der Waals surface area contributed by atoms with Crippen molar-refractivity contribution in [2.24, 2.45) is 0 Å². The average Bonchev–Trinajstić information content (AvgIpc) is 3.14. The maximum Gasteiger partial charge on any atom is 0.234 e. The van der Waals surface area contributed by atoms with Gasteiger partial charge >= 0.3 is 0 Å². The molecule has 1 aromatic carbocycles. The predicted octanol–water partition coefficient (Wildman–Crippen LogP) is 3.51. The van der Waals surface area contributed by atoms with E-state index < -0.39 is 11.6 Å². The predicted molar refractivity (Wildman–Crippen MR) is 122 cm³/mol. The summed E-state index contributed by atoms with van der Waals surface area (Å²) < 4.78 is 33.8. The summed E-state index contributed by atoms with van der Waals surface area (Å²) in [7, 11) is 1.55. The van der Waals surface area contributed by atoms with E-state index >= 15 is 0 Å². The minimum atomic E-state index is -0.545. The second-order valence-corrected chi connectivity index (χ2v) is 7.33. The van der Waals surface area contributed by atoms with Crippen LogP contribution >= 0.6 is 12.4 Å². The van der Waals surface area contributed by atoms with E-state index in [1.165, 1.54) is 12.1 Å². The summed E-state index contributed by atoms with van der Waals surface area (Å²) in [5, 5.41) is 4.41. The van der Waals surface area contributed by atoms with Gasteiger partial charge in [-0.2, -0.15) is 10.1 Å². The van der Waals surface area contributed by atoms with E-state index in [-0.39, 0.29) is 12.4 Å². The van der Waals surface area contributed by atoms with Crippen LogP contribution in [0, 0.1) is 18.6 Å². The molecular formula is C22H25ClF2N6O. The lowest BCUT2D eigenvalue weighted by molar-refractivity contribution is 0.284. The lowest BCUT2D eigenvalue weighted by Crippen LogP contribution is -2.46. The summed E-state index contributed by atoms with van der Waals surface area (Å²) in [6.45, 7) is 5.85. The van der Waals surface area contributed by atoms with Crippen molar-refractivity contribution in [2.45, 2.75) is 6.92 Å². The minimum Gasteiger partial charge on any atom is -0.480 e. The Labute approximate surface area is 191 Å². The first kappa shape index (κ1) is 23.6. The zero-order chi connectivity index (χ0) is 21.8. The van der Waals surface area contributed by atoms with E-state index in [1.54, 1.807) is 30.4 Å². The summed E-state index contributed by atoms with van der Waals surface area (Å²) >= 11 is 0. The smallest absolute Gasteiger partial charge is 0.234 e. The molecule has 0 N–H and O–H groups in total. The fraction of sp³-hybridized carbons (Fsp3) is 0.318. The molecular weight excluding hydrogens is 438 g/mol.